The molecule has 0 aliphatic carbocycles. The van der Waals surface area contributed by atoms with Crippen molar-refractivity contribution in [2.75, 3.05) is 57.5 Å². The molecule has 1 saturated heterocycles. The van der Waals surface area contributed by atoms with Gasteiger partial charge in [-0.25, -0.2) is 9.18 Å². The molecule has 3 amide bonds. The predicted octanol–water partition coefficient (Wildman–Crippen LogP) is 5.31. The maximum Gasteiger partial charge on any atom is 0.322 e. The second kappa shape index (κ2) is 14.5. The summed E-state index contributed by atoms with van der Waals surface area (Å²) in [5.74, 6) is -0.482. The Labute approximate surface area is 237 Å². The van der Waals surface area contributed by atoms with Crippen molar-refractivity contribution >= 4 is 40.7 Å². The molecule has 1 aromatic heterocycles. The van der Waals surface area contributed by atoms with Gasteiger partial charge in [-0.1, -0.05) is 12.1 Å². The van der Waals surface area contributed by atoms with E-state index in [1.165, 1.54) is 12.1 Å². The van der Waals surface area contributed by atoms with Crippen LogP contribution in [0.5, 0.6) is 0 Å². The van der Waals surface area contributed by atoms with Gasteiger partial charge in [0.2, 0.25) is 5.91 Å². The van der Waals surface area contributed by atoms with Crippen LogP contribution >= 0.6 is 23.1 Å². The third kappa shape index (κ3) is 8.79. The minimum atomic E-state index is -0.317. The zero-order valence-corrected chi connectivity index (χ0v) is 24.0. The molecule has 0 bridgehead atoms. The van der Waals surface area contributed by atoms with Crippen molar-refractivity contribution in [1.29, 1.82) is 0 Å². The molecule has 0 unspecified atom stereocenters. The van der Waals surface area contributed by atoms with Gasteiger partial charge >= 0.3 is 6.03 Å². The number of aryl methyl sites for hydroxylation is 1. The lowest BCUT2D eigenvalue weighted by Gasteiger charge is -2.31. The van der Waals surface area contributed by atoms with E-state index in [1.807, 2.05) is 48.9 Å². The minimum absolute atomic E-state index is 0.0648. The van der Waals surface area contributed by atoms with Gasteiger partial charge in [0.05, 0.1) is 19.8 Å². The van der Waals surface area contributed by atoms with Gasteiger partial charge < -0.3 is 19.9 Å². The van der Waals surface area contributed by atoms with Gasteiger partial charge in [0.25, 0.3) is 0 Å². The Bertz CT molecular complexity index is 1210. The molecule has 4 rings (SSSR count). The molecule has 3 aromatic rings. The molecule has 1 fully saturated rings. The Hall–Kier alpha value is -2.92. The van der Waals surface area contributed by atoms with Gasteiger partial charge in [0.1, 0.15) is 12.4 Å². The predicted molar refractivity (Wildman–Crippen MR) is 156 cm³/mol. The molecule has 0 atom stereocenters. The molecular weight excluding hydrogens is 535 g/mol. The molecule has 10 heteroatoms. The summed E-state index contributed by atoms with van der Waals surface area (Å²) in [5.41, 5.74) is 2.63. The number of hydrogen-bond acceptors (Lipinski definition) is 6. The van der Waals surface area contributed by atoms with Crippen LogP contribution in [-0.2, 0) is 22.6 Å². The van der Waals surface area contributed by atoms with Crippen LogP contribution in [0.1, 0.15) is 16.0 Å². The van der Waals surface area contributed by atoms with E-state index in [0.717, 1.165) is 34.0 Å². The summed E-state index contributed by atoms with van der Waals surface area (Å²) in [4.78, 5) is 34.9. The highest BCUT2D eigenvalue weighted by molar-refractivity contribution is 7.98. The first-order valence-corrected chi connectivity index (χ1v) is 15.1. The van der Waals surface area contributed by atoms with Gasteiger partial charge in [0.15, 0.2) is 0 Å². The van der Waals surface area contributed by atoms with Crippen molar-refractivity contribution < 1.29 is 18.7 Å². The number of morpholine rings is 1. The third-order valence-electron chi connectivity index (χ3n) is 6.69. The number of ether oxygens (including phenoxy) is 1. The number of carbonyl (C=O) groups excluding carboxylic acids is 2. The van der Waals surface area contributed by atoms with Crippen LogP contribution in [0.4, 0.5) is 14.9 Å². The van der Waals surface area contributed by atoms with Gasteiger partial charge in [0, 0.05) is 48.2 Å². The number of benzene rings is 2. The molecule has 2 heterocycles. The number of urea groups is 1. The molecule has 1 aliphatic rings. The Morgan fingerprint density at radius 3 is 2.38 bits per heavy atom. The Morgan fingerprint density at radius 1 is 1.03 bits per heavy atom. The molecule has 1 aliphatic heterocycles. The van der Waals surface area contributed by atoms with E-state index in [1.54, 1.807) is 45.0 Å². The number of carbonyl (C=O) groups is 2. The summed E-state index contributed by atoms with van der Waals surface area (Å²) < 4.78 is 19.0. The number of rotatable bonds is 11. The molecule has 7 nitrogen and oxygen atoms in total. The first-order chi connectivity index (χ1) is 18.9. The second-order valence-corrected chi connectivity index (χ2v) is 11.3. The SMILES string of the molecule is CSc1ccc(NC(=O)N(CCN2CCOCC2)CC(=O)N(Cc2ccc(F)cc2)Cc2sccc2C)cc1. The van der Waals surface area contributed by atoms with Crippen molar-refractivity contribution in [2.24, 2.45) is 0 Å². The highest BCUT2D eigenvalue weighted by Gasteiger charge is 2.24. The summed E-state index contributed by atoms with van der Waals surface area (Å²) in [6.07, 6.45) is 2.00. The first-order valence-electron chi connectivity index (χ1n) is 13.0. The minimum Gasteiger partial charge on any atom is -0.379 e. The molecule has 2 aromatic carbocycles. The number of thioether (sulfide) groups is 1. The van der Waals surface area contributed by atoms with Gasteiger partial charge in [-0.15, -0.1) is 23.1 Å². The van der Waals surface area contributed by atoms with E-state index in [0.29, 0.717) is 45.1 Å². The smallest absolute Gasteiger partial charge is 0.322 e. The first kappa shape index (κ1) is 29.1. The fourth-order valence-electron chi connectivity index (χ4n) is 4.26. The fraction of sp³-hybridized carbons (Fsp3) is 0.379. The molecule has 0 saturated carbocycles. The number of nitrogens with zero attached hydrogens (tertiary/aromatic N) is 3. The molecule has 0 radical (unpaired) electrons. The fourth-order valence-corrected chi connectivity index (χ4v) is 5.59. The normalized spacial score (nSPS) is 13.7. The molecule has 0 spiro atoms. The summed E-state index contributed by atoms with van der Waals surface area (Å²) in [5, 5.41) is 4.97. The molecule has 39 heavy (non-hydrogen) atoms. The molecule has 208 valence electrons. The van der Waals surface area contributed by atoms with Crippen molar-refractivity contribution in [3.63, 3.8) is 0 Å². The van der Waals surface area contributed by atoms with E-state index in [-0.39, 0.29) is 24.3 Å². The van der Waals surface area contributed by atoms with E-state index in [2.05, 4.69) is 10.2 Å². The van der Waals surface area contributed by atoms with Crippen molar-refractivity contribution in [2.45, 2.75) is 24.9 Å². The largest absolute Gasteiger partial charge is 0.379 e. The van der Waals surface area contributed by atoms with Gasteiger partial charge in [-0.3, -0.25) is 9.69 Å². The van der Waals surface area contributed by atoms with Crippen LogP contribution in [0.25, 0.3) is 0 Å². The van der Waals surface area contributed by atoms with Crippen LogP contribution in [0.15, 0.2) is 64.9 Å². The van der Waals surface area contributed by atoms with E-state index >= 15 is 0 Å². The monoisotopic (exact) mass is 570 g/mol. The zero-order valence-electron chi connectivity index (χ0n) is 22.4. The maximum atomic E-state index is 13.8. The van der Waals surface area contributed by atoms with Gasteiger partial charge in [-0.2, -0.15) is 0 Å². The number of anilines is 1. The summed E-state index contributed by atoms with van der Waals surface area (Å²) >= 11 is 3.23. The average molecular weight is 571 g/mol. The van der Waals surface area contributed by atoms with Crippen molar-refractivity contribution in [3.8, 4) is 0 Å². The summed E-state index contributed by atoms with van der Waals surface area (Å²) in [7, 11) is 0. The number of hydrogen-bond donors (Lipinski definition) is 1. The summed E-state index contributed by atoms with van der Waals surface area (Å²) in [6.45, 7) is 6.70. The Morgan fingerprint density at radius 2 is 1.74 bits per heavy atom. The van der Waals surface area contributed by atoms with Crippen LogP contribution in [0, 0.1) is 12.7 Å². The lowest BCUT2D eigenvalue weighted by Crippen LogP contribution is -2.48. The number of amides is 3. The quantitative estimate of drug-likeness (QED) is 0.317. The van der Waals surface area contributed by atoms with E-state index in [4.69, 9.17) is 4.74 Å². The maximum absolute atomic E-state index is 13.8. The standard InChI is InChI=1S/C29H35FN4O3S2/c1-22-11-18-39-27(22)20-34(19-23-3-5-24(30)6-4-23)28(35)21-33(13-12-32-14-16-37-17-15-32)29(36)31-25-7-9-26(38-2)10-8-25/h3-11,18H,12-17,19-21H2,1-2H3,(H,31,36). The van der Waals surface area contributed by atoms with Crippen LogP contribution < -0.4 is 5.32 Å². The topological polar surface area (TPSA) is 65.1 Å². The highest BCUT2D eigenvalue weighted by Crippen LogP contribution is 2.21. The Balaban J connectivity index is 1.50. The van der Waals surface area contributed by atoms with Crippen molar-refractivity contribution in [3.05, 3.63) is 81.8 Å². The number of thiophene rings is 1. The third-order valence-corrected chi connectivity index (χ3v) is 8.44. The van der Waals surface area contributed by atoms with E-state index < -0.39 is 0 Å². The van der Waals surface area contributed by atoms with E-state index in [9.17, 15) is 14.0 Å². The lowest BCUT2D eigenvalue weighted by molar-refractivity contribution is -0.133. The lowest BCUT2D eigenvalue weighted by atomic mass is 10.2. The highest BCUT2D eigenvalue weighted by atomic mass is 32.2. The second-order valence-electron chi connectivity index (χ2n) is 9.44. The van der Waals surface area contributed by atoms with Crippen LogP contribution in [0.3, 0.4) is 0 Å². The summed E-state index contributed by atoms with van der Waals surface area (Å²) in [6, 6.07) is 15.5. The number of halogens is 1. The number of nitrogens with one attached hydrogen (secondary N) is 1. The van der Waals surface area contributed by atoms with Gasteiger partial charge in [-0.05, 0) is 72.2 Å². The van der Waals surface area contributed by atoms with Crippen molar-refractivity contribution in [1.82, 2.24) is 14.7 Å². The Kier molecular flexibility index (Phi) is 10.8. The molecular formula is C29H35FN4O3S2. The molecule has 1 N–H and O–H groups in total. The van der Waals surface area contributed by atoms with Crippen LogP contribution in [0.2, 0.25) is 0 Å². The van der Waals surface area contributed by atoms with Crippen LogP contribution in [-0.4, -0.2) is 78.8 Å². The zero-order chi connectivity index (χ0) is 27.6. The average Bonchev–Trinajstić information content (AvgIpc) is 3.36.